The molecular formula is C8H7BrN2S. The molecule has 0 aromatic carbocycles. The average Bonchev–Trinajstić information content (AvgIpc) is 2.29. The van der Waals surface area contributed by atoms with E-state index in [1.807, 2.05) is 19.1 Å². The first-order chi connectivity index (χ1) is 5.66. The van der Waals surface area contributed by atoms with Crippen molar-refractivity contribution < 1.29 is 0 Å². The van der Waals surface area contributed by atoms with Gasteiger partial charge < -0.3 is 5.73 Å². The Morgan fingerprint density at radius 1 is 1.50 bits per heavy atom. The molecule has 2 N–H and O–H groups in total. The maximum atomic E-state index is 5.82. The third-order valence-electron chi connectivity index (χ3n) is 1.64. The van der Waals surface area contributed by atoms with Crippen molar-refractivity contribution in [2.24, 2.45) is 0 Å². The molecule has 62 valence electrons. The van der Waals surface area contributed by atoms with Crippen LogP contribution in [0, 0.1) is 6.92 Å². The van der Waals surface area contributed by atoms with Gasteiger partial charge in [-0.05, 0) is 35.0 Å². The molecule has 0 spiro atoms. The molecule has 0 atom stereocenters. The minimum Gasteiger partial charge on any atom is -0.398 e. The molecule has 2 aromatic heterocycles. The Kier molecular flexibility index (Phi) is 1.81. The lowest BCUT2D eigenvalue weighted by atomic mass is 10.2. The number of hydrogen-bond donors (Lipinski definition) is 1. The van der Waals surface area contributed by atoms with Crippen LogP contribution in [0.4, 0.5) is 5.69 Å². The molecule has 0 unspecified atom stereocenters. The number of aryl methyl sites for hydroxylation is 1. The first-order valence-electron chi connectivity index (χ1n) is 3.49. The number of rotatable bonds is 0. The monoisotopic (exact) mass is 242 g/mol. The maximum absolute atomic E-state index is 5.82. The molecule has 4 heteroatoms. The van der Waals surface area contributed by atoms with E-state index < -0.39 is 0 Å². The standard InChI is InChI=1S/C8H7BrN2S/c1-4-2-6(10)5-3-7(9)12-8(5)11-4/h2-3H,1H3,(H2,10,11). The maximum Gasteiger partial charge on any atom is 0.126 e. The summed E-state index contributed by atoms with van der Waals surface area (Å²) >= 11 is 5.01. The molecule has 0 aliphatic heterocycles. The third-order valence-corrected chi connectivity index (χ3v) is 3.17. The minimum absolute atomic E-state index is 0.805. The molecular weight excluding hydrogens is 236 g/mol. The summed E-state index contributed by atoms with van der Waals surface area (Å²) in [5.74, 6) is 0. The summed E-state index contributed by atoms with van der Waals surface area (Å²) in [7, 11) is 0. The largest absolute Gasteiger partial charge is 0.398 e. The first-order valence-corrected chi connectivity index (χ1v) is 5.10. The van der Waals surface area contributed by atoms with Crippen LogP contribution in [0.2, 0.25) is 0 Å². The summed E-state index contributed by atoms with van der Waals surface area (Å²) < 4.78 is 1.07. The Balaban J connectivity index is 2.88. The number of aromatic nitrogens is 1. The van der Waals surface area contributed by atoms with Crippen LogP contribution in [0.3, 0.4) is 0 Å². The van der Waals surface area contributed by atoms with Crippen LogP contribution in [0.25, 0.3) is 10.2 Å². The molecule has 12 heavy (non-hydrogen) atoms. The van der Waals surface area contributed by atoms with Crippen molar-refractivity contribution in [1.82, 2.24) is 4.98 Å². The lowest BCUT2D eigenvalue weighted by Gasteiger charge is -1.96. The van der Waals surface area contributed by atoms with Gasteiger partial charge in [0.05, 0.1) is 3.79 Å². The highest BCUT2D eigenvalue weighted by atomic mass is 79.9. The predicted molar refractivity (Wildman–Crippen MR) is 56.5 cm³/mol. The number of fused-ring (bicyclic) bond motifs is 1. The summed E-state index contributed by atoms with van der Waals surface area (Å²) in [6.45, 7) is 1.95. The van der Waals surface area contributed by atoms with Gasteiger partial charge in [0.15, 0.2) is 0 Å². The van der Waals surface area contributed by atoms with Crippen molar-refractivity contribution in [3.63, 3.8) is 0 Å². The summed E-state index contributed by atoms with van der Waals surface area (Å²) in [6, 6.07) is 3.89. The Bertz CT molecular complexity index is 436. The van der Waals surface area contributed by atoms with Gasteiger partial charge in [0.1, 0.15) is 4.83 Å². The van der Waals surface area contributed by atoms with Crippen LogP contribution in [0.1, 0.15) is 5.69 Å². The Morgan fingerprint density at radius 2 is 2.25 bits per heavy atom. The highest BCUT2D eigenvalue weighted by Gasteiger charge is 2.04. The van der Waals surface area contributed by atoms with Crippen LogP contribution in [-0.4, -0.2) is 4.98 Å². The van der Waals surface area contributed by atoms with E-state index in [0.717, 1.165) is 25.4 Å². The van der Waals surface area contributed by atoms with Gasteiger partial charge in [0.25, 0.3) is 0 Å². The van der Waals surface area contributed by atoms with Gasteiger partial charge in [-0.15, -0.1) is 11.3 Å². The molecule has 0 bridgehead atoms. The highest BCUT2D eigenvalue weighted by molar-refractivity contribution is 9.11. The topological polar surface area (TPSA) is 38.9 Å². The number of nitrogens with zero attached hydrogens (tertiary/aromatic N) is 1. The zero-order chi connectivity index (χ0) is 8.72. The van der Waals surface area contributed by atoms with Gasteiger partial charge in [-0.3, -0.25) is 0 Å². The second kappa shape index (κ2) is 2.71. The average molecular weight is 243 g/mol. The molecule has 0 radical (unpaired) electrons. The van der Waals surface area contributed by atoms with Crippen LogP contribution in [0.15, 0.2) is 15.9 Å². The van der Waals surface area contributed by atoms with Gasteiger partial charge in [-0.1, -0.05) is 0 Å². The van der Waals surface area contributed by atoms with Crippen LogP contribution < -0.4 is 5.73 Å². The molecule has 0 fully saturated rings. The van der Waals surface area contributed by atoms with E-state index in [1.54, 1.807) is 11.3 Å². The van der Waals surface area contributed by atoms with E-state index in [-0.39, 0.29) is 0 Å². The first kappa shape index (κ1) is 8.01. The van der Waals surface area contributed by atoms with E-state index in [9.17, 15) is 0 Å². The van der Waals surface area contributed by atoms with Crippen molar-refractivity contribution >= 4 is 43.2 Å². The van der Waals surface area contributed by atoms with E-state index in [4.69, 9.17) is 5.73 Å². The van der Waals surface area contributed by atoms with Crippen molar-refractivity contribution in [1.29, 1.82) is 0 Å². The molecule has 0 amide bonds. The molecule has 0 aliphatic carbocycles. The number of pyridine rings is 1. The Morgan fingerprint density at radius 3 is 3.00 bits per heavy atom. The summed E-state index contributed by atoms with van der Waals surface area (Å²) in [6.07, 6.45) is 0. The molecule has 2 aromatic rings. The fraction of sp³-hybridized carbons (Fsp3) is 0.125. The van der Waals surface area contributed by atoms with Gasteiger partial charge in [0, 0.05) is 16.8 Å². The predicted octanol–water partition coefficient (Wildman–Crippen LogP) is 2.95. The van der Waals surface area contributed by atoms with Crippen LogP contribution in [-0.2, 0) is 0 Å². The summed E-state index contributed by atoms with van der Waals surface area (Å²) in [5, 5.41) is 1.04. The molecule has 0 saturated heterocycles. The second-order valence-corrected chi connectivity index (χ2v) is 5.03. The van der Waals surface area contributed by atoms with E-state index in [2.05, 4.69) is 20.9 Å². The zero-order valence-electron chi connectivity index (χ0n) is 6.47. The number of halogens is 1. The van der Waals surface area contributed by atoms with E-state index in [0.29, 0.717) is 0 Å². The van der Waals surface area contributed by atoms with Crippen molar-refractivity contribution in [2.75, 3.05) is 5.73 Å². The SMILES string of the molecule is Cc1cc(N)c2cc(Br)sc2n1. The number of nitrogen functional groups attached to an aromatic ring is 1. The number of anilines is 1. The summed E-state index contributed by atoms with van der Waals surface area (Å²) in [4.78, 5) is 5.37. The number of hydrogen-bond acceptors (Lipinski definition) is 3. The highest BCUT2D eigenvalue weighted by Crippen LogP contribution is 2.31. The van der Waals surface area contributed by atoms with Crippen LogP contribution in [0.5, 0.6) is 0 Å². The van der Waals surface area contributed by atoms with Crippen molar-refractivity contribution in [3.8, 4) is 0 Å². The van der Waals surface area contributed by atoms with E-state index >= 15 is 0 Å². The molecule has 2 nitrogen and oxygen atoms in total. The van der Waals surface area contributed by atoms with Gasteiger partial charge in [-0.2, -0.15) is 0 Å². The lowest BCUT2D eigenvalue weighted by Crippen LogP contribution is -1.88. The Hall–Kier alpha value is -0.610. The number of nitrogens with two attached hydrogens (primary N) is 1. The van der Waals surface area contributed by atoms with E-state index in [1.165, 1.54) is 0 Å². The molecule has 2 heterocycles. The smallest absolute Gasteiger partial charge is 0.126 e. The quantitative estimate of drug-likeness (QED) is 0.772. The van der Waals surface area contributed by atoms with Gasteiger partial charge in [-0.25, -0.2) is 4.98 Å². The lowest BCUT2D eigenvalue weighted by molar-refractivity contribution is 1.27. The minimum atomic E-state index is 0.805. The molecule has 0 saturated carbocycles. The Labute approximate surface area is 82.5 Å². The molecule has 2 rings (SSSR count). The van der Waals surface area contributed by atoms with Crippen molar-refractivity contribution in [2.45, 2.75) is 6.92 Å². The third kappa shape index (κ3) is 1.21. The fourth-order valence-corrected chi connectivity index (χ4v) is 2.66. The van der Waals surface area contributed by atoms with Crippen LogP contribution >= 0.6 is 27.3 Å². The van der Waals surface area contributed by atoms with Crippen molar-refractivity contribution in [3.05, 3.63) is 21.6 Å². The summed E-state index contributed by atoms with van der Waals surface area (Å²) in [5.41, 5.74) is 7.59. The number of thiophene rings is 1. The van der Waals surface area contributed by atoms with Gasteiger partial charge >= 0.3 is 0 Å². The fourth-order valence-electron chi connectivity index (χ4n) is 1.14. The molecule has 0 aliphatic rings. The van der Waals surface area contributed by atoms with Gasteiger partial charge in [0.2, 0.25) is 0 Å². The second-order valence-electron chi connectivity index (χ2n) is 2.62. The normalized spacial score (nSPS) is 10.8. The zero-order valence-corrected chi connectivity index (χ0v) is 8.87.